The van der Waals surface area contributed by atoms with Gasteiger partial charge in [0.25, 0.3) is 0 Å². The fourth-order valence-corrected chi connectivity index (χ4v) is 1.58. The van der Waals surface area contributed by atoms with E-state index < -0.39 is 10.0 Å². The van der Waals surface area contributed by atoms with Gasteiger partial charge in [-0.05, 0) is 19.9 Å². The number of hydrogen-bond donors (Lipinski definition) is 1. The Hall–Kier alpha value is -0.130. The molecule has 0 aromatic heterocycles. The molecule has 4 nitrogen and oxygen atoms in total. The van der Waals surface area contributed by atoms with Crippen LogP contribution >= 0.6 is 0 Å². The van der Waals surface area contributed by atoms with Gasteiger partial charge >= 0.3 is 0 Å². The summed E-state index contributed by atoms with van der Waals surface area (Å²) in [6.07, 6.45) is 1.18. The van der Waals surface area contributed by atoms with Gasteiger partial charge in [-0.15, -0.1) is 0 Å². The second-order valence-electron chi connectivity index (χ2n) is 4.13. The van der Waals surface area contributed by atoms with Crippen molar-refractivity contribution in [3.05, 3.63) is 0 Å². The maximum atomic E-state index is 10.8. The summed E-state index contributed by atoms with van der Waals surface area (Å²) < 4.78 is 24.1. The molecule has 0 spiro atoms. The Morgan fingerprint density at radius 2 is 1.79 bits per heavy atom. The topological polar surface area (TPSA) is 49.4 Å². The van der Waals surface area contributed by atoms with Crippen LogP contribution in [0.15, 0.2) is 0 Å². The lowest BCUT2D eigenvalue weighted by Crippen LogP contribution is -2.39. The summed E-state index contributed by atoms with van der Waals surface area (Å²) in [5.74, 6) is 0.582. The van der Waals surface area contributed by atoms with Crippen LogP contribution in [-0.4, -0.2) is 45.8 Å². The van der Waals surface area contributed by atoms with Gasteiger partial charge in [0.1, 0.15) is 0 Å². The summed E-state index contributed by atoms with van der Waals surface area (Å²) in [5, 5.41) is 0. The molecule has 0 saturated heterocycles. The van der Waals surface area contributed by atoms with Crippen LogP contribution in [0.3, 0.4) is 0 Å². The predicted molar refractivity (Wildman–Crippen MR) is 59.8 cm³/mol. The zero-order valence-corrected chi connectivity index (χ0v) is 10.6. The van der Waals surface area contributed by atoms with Gasteiger partial charge in [-0.2, -0.15) is 0 Å². The molecular formula is C9H22N2O2S. The highest BCUT2D eigenvalue weighted by Crippen LogP contribution is 2.06. The second-order valence-corrected chi connectivity index (χ2v) is 5.96. The average molecular weight is 222 g/mol. The van der Waals surface area contributed by atoms with Crippen LogP contribution in [0.25, 0.3) is 0 Å². The molecule has 0 rings (SSSR count). The highest BCUT2D eigenvalue weighted by Gasteiger charge is 2.12. The number of likely N-dealkylation sites (N-methyl/N-ethyl adjacent to an activating group) is 1. The minimum atomic E-state index is -3.04. The Balaban J connectivity index is 3.80. The zero-order valence-electron chi connectivity index (χ0n) is 9.74. The van der Waals surface area contributed by atoms with Crippen molar-refractivity contribution in [3.8, 4) is 0 Å². The van der Waals surface area contributed by atoms with Crippen LogP contribution < -0.4 is 4.72 Å². The first-order chi connectivity index (χ1) is 6.24. The van der Waals surface area contributed by atoms with E-state index in [0.717, 1.165) is 6.54 Å². The summed E-state index contributed by atoms with van der Waals surface area (Å²) in [7, 11) is -1.03. The maximum Gasteiger partial charge on any atom is 0.208 e. The van der Waals surface area contributed by atoms with Crippen molar-refractivity contribution in [3.63, 3.8) is 0 Å². The Morgan fingerprint density at radius 1 is 1.29 bits per heavy atom. The van der Waals surface area contributed by atoms with E-state index >= 15 is 0 Å². The lowest BCUT2D eigenvalue weighted by molar-refractivity contribution is 0.212. The van der Waals surface area contributed by atoms with Gasteiger partial charge in [0.05, 0.1) is 6.26 Å². The first-order valence-electron chi connectivity index (χ1n) is 4.89. The molecule has 14 heavy (non-hydrogen) atoms. The Morgan fingerprint density at radius 3 is 2.14 bits per heavy atom. The standard InChI is InChI=1S/C9H22N2O2S/c1-8(2)9(3)11(4)7-6-10-14(5,12)13/h8-10H,6-7H2,1-5H3/t9-/m1/s1. The van der Waals surface area contributed by atoms with Crippen molar-refractivity contribution >= 4 is 10.0 Å². The third-order valence-corrected chi connectivity index (χ3v) is 3.22. The lowest BCUT2D eigenvalue weighted by atomic mass is 10.1. The minimum Gasteiger partial charge on any atom is -0.302 e. The predicted octanol–water partition coefficient (Wildman–Crippen LogP) is 0.512. The molecule has 0 amide bonds. The quantitative estimate of drug-likeness (QED) is 0.712. The summed E-state index contributed by atoms with van der Waals surface area (Å²) in [4.78, 5) is 2.16. The first kappa shape index (κ1) is 13.9. The van der Waals surface area contributed by atoms with Crippen LogP contribution in [0.4, 0.5) is 0 Å². The maximum absolute atomic E-state index is 10.8. The number of rotatable bonds is 6. The molecule has 5 heteroatoms. The Bertz CT molecular complexity index is 250. The van der Waals surface area contributed by atoms with E-state index in [1.807, 2.05) is 7.05 Å². The summed E-state index contributed by atoms with van der Waals surface area (Å²) in [6, 6.07) is 0.469. The number of nitrogens with one attached hydrogen (secondary N) is 1. The SMILES string of the molecule is CC(C)[C@@H](C)N(C)CCNS(C)(=O)=O. The molecule has 0 aliphatic rings. The van der Waals surface area contributed by atoms with Gasteiger partial charge in [0.15, 0.2) is 0 Å². The fourth-order valence-electron chi connectivity index (χ4n) is 1.12. The molecule has 1 atom stereocenters. The Kier molecular flexibility index (Phi) is 5.63. The van der Waals surface area contributed by atoms with E-state index in [0.29, 0.717) is 18.5 Å². The Labute approximate surface area is 87.7 Å². The molecule has 0 radical (unpaired) electrons. The lowest BCUT2D eigenvalue weighted by Gasteiger charge is -2.27. The van der Waals surface area contributed by atoms with Gasteiger partial charge < -0.3 is 4.90 Å². The van der Waals surface area contributed by atoms with E-state index in [4.69, 9.17) is 0 Å². The van der Waals surface area contributed by atoms with Crippen molar-refractivity contribution in [2.24, 2.45) is 5.92 Å². The van der Waals surface area contributed by atoms with E-state index in [-0.39, 0.29) is 0 Å². The molecule has 0 saturated carbocycles. The number of hydrogen-bond acceptors (Lipinski definition) is 3. The van der Waals surface area contributed by atoms with Crippen molar-refractivity contribution in [1.82, 2.24) is 9.62 Å². The van der Waals surface area contributed by atoms with Crippen molar-refractivity contribution in [2.75, 3.05) is 26.4 Å². The molecule has 1 N–H and O–H groups in total. The van der Waals surface area contributed by atoms with Gasteiger partial charge in [-0.3, -0.25) is 0 Å². The summed E-state index contributed by atoms with van der Waals surface area (Å²) in [6.45, 7) is 7.68. The average Bonchev–Trinajstić information content (AvgIpc) is 2.00. The highest BCUT2D eigenvalue weighted by atomic mass is 32.2. The molecule has 0 aromatic rings. The van der Waals surface area contributed by atoms with E-state index in [9.17, 15) is 8.42 Å². The largest absolute Gasteiger partial charge is 0.302 e. The molecule has 0 heterocycles. The normalized spacial score (nSPS) is 15.1. The third-order valence-electron chi connectivity index (χ3n) is 2.49. The molecule has 0 bridgehead atoms. The number of nitrogens with zero attached hydrogens (tertiary/aromatic N) is 1. The van der Waals surface area contributed by atoms with Crippen LogP contribution in [0.5, 0.6) is 0 Å². The van der Waals surface area contributed by atoms with Crippen LogP contribution in [-0.2, 0) is 10.0 Å². The van der Waals surface area contributed by atoms with Gasteiger partial charge in [0, 0.05) is 19.1 Å². The van der Waals surface area contributed by atoms with Crippen LogP contribution in [0.2, 0.25) is 0 Å². The van der Waals surface area contributed by atoms with Crippen molar-refractivity contribution in [2.45, 2.75) is 26.8 Å². The molecular weight excluding hydrogens is 200 g/mol. The highest BCUT2D eigenvalue weighted by molar-refractivity contribution is 7.88. The van der Waals surface area contributed by atoms with Crippen LogP contribution in [0.1, 0.15) is 20.8 Å². The zero-order chi connectivity index (χ0) is 11.4. The van der Waals surface area contributed by atoms with Gasteiger partial charge in [-0.1, -0.05) is 13.8 Å². The third kappa shape index (κ3) is 6.34. The molecule has 0 aromatic carbocycles. The molecule has 0 unspecified atom stereocenters. The minimum absolute atomic E-state index is 0.469. The van der Waals surface area contributed by atoms with E-state index in [2.05, 4.69) is 30.4 Å². The monoisotopic (exact) mass is 222 g/mol. The van der Waals surface area contributed by atoms with Gasteiger partial charge in [0.2, 0.25) is 10.0 Å². The smallest absolute Gasteiger partial charge is 0.208 e. The fraction of sp³-hybridized carbons (Fsp3) is 1.00. The van der Waals surface area contributed by atoms with E-state index in [1.165, 1.54) is 6.26 Å². The van der Waals surface area contributed by atoms with Crippen LogP contribution in [0, 0.1) is 5.92 Å². The van der Waals surface area contributed by atoms with E-state index in [1.54, 1.807) is 0 Å². The molecule has 0 fully saturated rings. The first-order valence-corrected chi connectivity index (χ1v) is 6.78. The van der Waals surface area contributed by atoms with Gasteiger partial charge in [-0.25, -0.2) is 13.1 Å². The second kappa shape index (κ2) is 5.68. The summed E-state index contributed by atoms with van der Waals surface area (Å²) >= 11 is 0. The molecule has 0 aliphatic carbocycles. The van der Waals surface area contributed by atoms with Crippen molar-refractivity contribution in [1.29, 1.82) is 0 Å². The molecule has 86 valence electrons. The molecule has 0 aliphatic heterocycles. The summed E-state index contributed by atoms with van der Waals surface area (Å²) in [5.41, 5.74) is 0. The van der Waals surface area contributed by atoms with Crippen molar-refractivity contribution < 1.29 is 8.42 Å². The number of sulfonamides is 1.